The van der Waals surface area contributed by atoms with E-state index in [4.69, 9.17) is 9.72 Å². The lowest BCUT2D eigenvalue weighted by Crippen LogP contribution is -2.47. The number of likely N-dealkylation sites (N-methyl/N-ethyl adjacent to an activating group) is 1. The van der Waals surface area contributed by atoms with Gasteiger partial charge in [0.1, 0.15) is 35.2 Å². The molecule has 1 fully saturated rings. The van der Waals surface area contributed by atoms with Crippen LogP contribution in [0.2, 0.25) is 0 Å². The first kappa shape index (κ1) is 29.7. The lowest BCUT2D eigenvalue weighted by Gasteiger charge is -2.30. The molecule has 1 saturated heterocycles. The molecule has 8 rings (SSSR count). The molecule has 244 valence electrons. The highest BCUT2D eigenvalue weighted by molar-refractivity contribution is 5.93. The van der Waals surface area contributed by atoms with Crippen LogP contribution in [-0.4, -0.2) is 95.5 Å². The van der Waals surface area contributed by atoms with Crippen molar-refractivity contribution in [1.82, 2.24) is 44.2 Å². The average molecular weight is 656 g/mol. The molecule has 2 aliphatic rings. The van der Waals surface area contributed by atoms with E-state index in [1.807, 2.05) is 9.47 Å². The Bertz CT molecular complexity index is 2210. The van der Waals surface area contributed by atoms with Crippen LogP contribution in [0, 0.1) is 17.5 Å². The predicted molar refractivity (Wildman–Crippen MR) is 169 cm³/mol. The van der Waals surface area contributed by atoms with Gasteiger partial charge in [0.25, 0.3) is 0 Å². The first-order chi connectivity index (χ1) is 23.3. The topological polar surface area (TPSA) is 132 Å². The molecular weight excluding hydrogens is 627 g/mol. The molecule has 2 aromatic carbocycles. The van der Waals surface area contributed by atoms with E-state index < -0.39 is 29.6 Å². The molecule has 3 atom stereocenters. The Hall–Kier alpha value is -5.64. The van der Waals surface area contributed by atoms with Gasteiger partial charge < -0.3 is 24.4 Å². The van der Waals surface area contributed by atoms with Gasteiger partial charge in [0, 0.05) is 51.1 Å². The van der Waals surface area contributed by atoms with Gasteiger partial charge in [-0.2, -0.15) is 5.10 Å². The van der Waals surface area contributed by atoms with Crippen molar-refractivity contribution < 1.29 is 22.7 Å². The first-order valence-electron chi connectivity index (χ1n) is 15.2. The minimum absolute atomic E-state index is 0.0212. The summed E-state index contributed by atoms with van der Waals surface area (Å²) in [6, 6.07) is 7.03. The van der Waals surface area contributed by atoms with Crippen LogP contribution in [0.5, 0.6) is 0 Å². The van der Waals surface area contributed by atoms with Crippen LogP contribution in [0.1, 0.15) is 6.42 Å². The summed E-state index contributed by atoms with van der Waals surface area (Å²) in [4.78, 5) is 40.2. The molecule has 4 aromatic heterocycles. The van der Waals surface area contributed by atoms with Crippen LogP contribution in [-0.2, 0) is 16.1 Å². The molecule has 16 heteroatoms. The highest BCUT2D eigenvalue weighted by Gasteiger charge is 2.41. The molecule has 1 unspecified atom stereocenters. The molecule has 6 aromatic rings. The van der Waals surface area contributed by atoms with Crippen molar-refractivity contribution in [3.05, 3.63) is 78.9 Å². The summed E-state index contributed by atoms with van der Waals surface area (Å²) in [6.07, 6.45) is 5.94. The minimum Gasteiger partial charge on any atom is -0.378 e. The fourth-order valence-electron chi connectivity index (χ4n) is 6.63. The summed E-state index contributed by atoms with van der Waals surface area (Å²) in [5.41, 5.74) is 2.33. The molecule has 13 nitrogen and oxygen atoms in total. The predicted octanol–water partition coefficient (Wildman–Crippen LogP) is 3.59. The SMILES string of the molecule is COC1CN(C)C(=O)[C@@H]2C[C@@H](CN2c2ncnc3c2cnn3-c2ccc(F)cc2F)Nc2nccc(n2)-c2ccc(F)c3ncn(c23)C1. The average Bonchev–Trinajstić information content (AvgIpc) is 3.82. The third kappa shape index (κ3) is 4.95. The maximum absolute atomic E-state index is 14.9. The number of hydrogen-bond donors (Lipinski definition) is 1. The Morgan fingerprint density at radius 1 is 0.979 bits per heavy atom. The van der Waals surface area contributed by atoms with Crippen LogP contribution in [0.4, 0.5) is 24.9 Å². The van der Waals surface area contributed by atoms with Gasteiger partial charge in [-0.1, -0.05) is 0 Å². The maximum Gasteiger partial charge on any atom is 0.245 e. The molecule has 1 amide bonds. The van der Waals surface area contributed by atoms with Crippen LogP contribution in [0.3, 0.4) is 0 Å². The number of rotatable bonds is 3. The number of benzene rings is 2. The van der Waals surface area contributed by atoms with Gasteiger partial charge in [-0.05, 0) is 36.8 Å². The van der Waals surface area contributed by atoms with Gasteiger partial charge in [-0.25, -0.2) is 42.8 Å². The molecule has 6 heterocycles. The number of nitrogens with zero attached hydrogens (tertiary/aromatic N) is 10. The summed E-state index contributed by atoms with van der Waals surface area (Å²) in [5.74, 6) is -1.38. The number of halogens is 3. The van der Waals surface area contributed by atoms with E-state index in [-0.39, 0.29) is 29.7 Å². The number of anilines is 2. The normalized spacial score (nSPS) is 19.9. The number of imidazole rings is 1. The third-order valence-electron chi connectivity index (χ3n) is 8.91. The highest BCUT2D eigenvalue weighted by atomic mass is 19.1. The summed E-state index contributed by atoms with van der Waals surface area (Å²) in [7, 11) is 3.27. The van der Waals surface area contributed by atoms with Gasteiger partial charge in [0.05, 0.1) is 41.8 Å². The van der Waals surface area contributed by atoms with Crippen molar-refractivity contribution >= 4 is 39.7 Å². The third-order valence-corrected chi connectivity index (χ3v) is 8.91. The minimum atomic E-state index is -0.799. The zero-order valence-electron chi connectivity index (χ0n) is 25.8. The quantitative estimate of drug-likeness (QED) is 0.302. The molecule has 48 heavy (non-hydrogen) atoms. The zero-order chi connectivity index (χ0) is 33.1. The number of amides is 1. The Morgan fingerprint density at radius 2 is 1.85 bits per heavy atom. The fraction of sp³-hybridized carbons (Fsp3) is 0.281. The van der Waals surface area contributed by atoms with Gasteiger partial charge in [-0.3, -0.25) is 4.79 Å². The number of carbonyl (C=O) groups excluding carboxylic acids is 1. The number of carbonyl (C=O) groups is 1. The molecule has 4 bridgehead atoms. The van der Waals surface area contributed by atoms with Crippen molar-refractivity contribution in [3.63, 3.8) is 0 Å². The first-order valence-corrected chi connectivity index (χ1v) is 15.2. The van der Waals surface area contributed by atoms with E-state index in [2.05, 4.69) is 30.4 Å². The second-order valence-corrected chi connectivity index (χ2v) is 11.9. The lowest BCUT2D eigenvalue weighted by molar-refractivity contribution is -0.132. The Balaban J connectivity index is 1.21. The second kappa shape index (κ2) is 11.6. The number of fused-ring (bicyclic) bond motifs is 6. The van der Waals surface area contributed by atoms with Crippen LogP contribution in [0.15, 0.2) is 61.4 Å². The van der Waals surface area contributed by atoms with E-state index in [1.54, 1.807) is 43.7 Å². The number of nitrogens with one attached hydrogen (secondary N) is 1. The number of hydrogen-bond acceptors (Lipinski definition) is 10. The van der Waals surface area contributed by atoms with Crippen LogP contribution >= 0.6 is 0 Å². The summed E-state index contributed by atoms with van der Waals surface area (Å²) >= 11 is 0. The Morgan fingerprint density at radius 3 is 2.69 bits per heavy atom. The van der Waals surface area contributed by atoms with Gasteiger partial charge >= 0.3 is 0 Å². The van der Waals surface area contributed by atoms with Gasteiger partial charge in [-0.15, -0.1) is 0 Å². The fourth-order valence-corrected chi connectivity index (χ4v) is 6.63. The largest absolute Gasteiger partial charge is 0.378 e. The standard InChI is InChI=1S/C32H28F3N11O2/c1-43-13-19(48-2)14-44-16-39-27-22(34)5-4-20(28(27)44)24-7-8-36-32(42-24)41-18-10-26(31(43)47)45(12-18)29-21-11-40-46(30(21)38-15-37-29)25-6-3-17(33)9-23(25)35/h3-9,11,15-16,18-19,26H,10,12-14H2,1-2H3,(H,36,41,42)/t18-,19?,26-/m0/s1. The van der Waals surface area contributed by atoms with Gasteiger partial charge in [0.15, 0.2) is 17.3 Å². The van der Waals surface area contributed by atoms with E-state index in [0.29, 0.717) is 59.1 Å². The molecule has 2 aliphatic heterocycles. The van der Waals surface area contributed by atoms with E-state index >= 15 is 0 Å². The highest BCUT2D eigenvalue weighted by Crippen LogP contribution is 2.34. The molecule has 0 saturated carbocycles. The van der Waals surface area contributed by atoms with Crippen molar-refractivity contribution in [1.29, 1.82) is 0 Å². The van der Waals surface area contributed by atoms with E-state index in [9.17, 15) is 18.0 Å². The number of methoxy groups -OCH3 is 1. The molecule has 0 radical (unpaired) electrons. The van der Waals surface area contributed by atoms with Crippen molar-refractivity contribution in [2.45, 2.75) is 31.2 Å². The van der Waals surface area contributed by atoms with Crippen molar-refractivity contribution in [2.24, 2.45) is 0 Å². The molecule has 0 aliphatic carbocycles. The number of ether oxygens (including phenoxy) is 1. The molecule has 0 spiro atoms. The second-order valence-electron chi connectivity index (χ2n) is 11.9. The monoisotopic (exact) mass is 655 g/mol. The van der Waals surface area contributed by atoms with Crippen LogP contribution in [0.25, 0.3) is 39.0 Å². The van der Waals surface area contributed by atoms with E-state index in [0.717, 1.165) is 12.1 Å². The summed E-state index contributed by atoms with van der Waals surface area (Å²) in [6.45, 7) is 0.859. The zero-order valence-corrected chi connectivity index (χ0v) is 25.8. The van der Waals surface area contributed by atoms with Crippen LogP contribution < -0.4 is 10.2 Å². The molecular formula is C32H28F3N11O2. The smallest absolute Gasteiger partial charge is 0.245 e. The lowest BCUT2D eigenvalue weighted by atomic mass is 10.1. The number of aromatic nitrogens is 8. The van der Waals surface area contributed by atoms with Gasteiger partial charge in [0.2, 0.25) is 11.9 Å². The maximum atomic E-state index is 14.9. The summed E-state index contributed by atoms with van der Waals surface area (Å²) < 4.78 is 52.2. The Kier molecular flexibility index (Phi) is 7.16. The van der Waals surface area contributed by atoms with Crippen molar-refractivity contribution in [3.8, 4) is 16.9 Å². The summed E-state index contributed by atoms with van der Waals surface area (Å²) in [5, 5.41) is 8.22. The Labute approximate surface area is 271 Å². The van der Waals surface area contributed by atoms with Crippen molar-refractivity contribution in [2.75, 3.05) is 37.5 Å². The molecule has 1 N–H and O–H groups in total. The van der Waals surface area contributed by atoms with E-state index in [1.165, 1.54) is 29.3 Å².